The molecule has 0 spiro atoms. The van der Waals surface area contributed by atoms with Gasteiger partial charge in [0.15, 0.2) is 5.17 Å². The highest BCUT2D eigenvalue weighted by Crippen LogP contribution is 2.33. The van der Waals surface area contributed by atoms with Crippen LogP contribution in [-0.4, -0.2) is 30.9 Å². The molecule has 1 aliphatic rings. The molecule has 3 rings (SSSR count). The molecule has 0 saturated carbocycles. The third-order valence-corrected chi connectivity index (χ3v) is 6.82. The standard InChI is InChI=1S/C20H17BrN2O3S2/c1-3-12-23-19(24)18(13-15-6-8-16(21)9-7-15)27-20(23)22-28(25,26)17-10-4-14(2)5-11-17/h3-11,13H,1,12H2,2H3/b18-13-,22-20-. The Bertz CT molecular complexity index is 1070. The number of hydrogen-bond acceptors (Lipinski definition) is 4. The van der Waals surface area contributed by atoms with E-state index in [-0.39, 0.29) is 22.5 Å². The van der Waals surface area contributed by atoms with E-state index in [0.29, 0.717) is 4.91 Å². The van der Waals surface area contributed by atoms with Crippen molar-refractivity contribution in [1.82, 2.24) is 4.90 Å². The first kappa shape index (κ1) is 20.6. The summed E-state index contributed by atoms with van der Waals surface area (Å²) in [4.78, 5) is 14.6. The first-order valence-corrected chi connectivity index (χ1v) is 11.3. The van der Waals surface area contributed by atoms with Crippen LogP contribution in [-0.2, 0) is 14.8 Å². The summed E-state index contributed by atoms with van der Waals surface area (Å²) in [6, 6.07) is 13.9. The van der Waals surface area contributed by atoms with Crippen LogP contribution in [0.5, 0.6) is 0 Å². The van der Waals surface area contributed by atoms with E-state index < -0.39 is 10.0 Å². The molecule has 0 unspecified atom stereocenters. The van der Waals surface area contributed by atoms with E-state index in [1.807, 2.05) is 31.2 Å². The van der Waals surface area contributed by atoms with Gasteiger partial charge in [0.1, 0.15) is 0 Å². The van der Waals surface area contributed by atoms with Crippen LogP contribution in [0, 0.1) is 6.92 Å². The van der Waals surface area contributed by atoms with Crippen molar-refractivity contribution >= 4 is 54.9 Å². The quantitative estimate of drug-likeness (QED) is 0.466. The second kappa shape index (κ2) is 8.46. The average molecular weight is 477 g/mol. The van der Waals surface area contributed by atoms with Crippen molar-refractivity contribution in [2.45, 2.75) is 11.8 Å². The summed E-state index contributed by atoms with van der Waals surface area (Å²) in [7, 11) is -3.93. The van der Waals surface area contributed by atoms with Crippen molar-refractivity contribution < 1.29 is 13.2 Å². The minimum absolute atomic E-state index is 0.0857. The second-order valence-corrected chi connectivity index (χ2v) is 9.56. The highest BCUT2D eigenvalue weighted by molar-refractivity contribution is 9.10. The zero-order valence-electron chi connectivity index (χ0n) is 15.0. The van der Waals surface area contributed by atoms with Crippen LogP contribution in [0.3, 0.4) is 0 Å². The maximum absolute atomic E-state index is 12.7. The van der Waals surface area contributed by atoms with Gasteiger partial charge in [0.05, 0.1) is 9.80 Å². The van der Waals surface area contributed by atoms with Crippen molar-refractivity contribution in [3.05, 3.63) is 81.7 Å². The lowest BCUT2D eigenvalue weighted by Crippen LogP contribution is -2.29. The van der Waals surface area contributed by atoms with Gasteiger partial charge in [0.2, 0.25) is 0 Å². The van der Waals surface area contributed by atoms with Gasteiger partial charge in [-0.15, -0.1) is 11.0 Å². The Hall–Kier alpha value is -2.16. The van der Waals surface area contributed by atoms with Gasteiger partial charge in [-0.3, -0.25) is 9.69 Å². The summed E-state index contributed by atoms with van der Waals surface area (Å²) >= 11 is 4.41. The van der Waals surface area contributed by atoms with Gasteiger partial charge in [0, 0.05) is 11.0 Å². The minimum Gasteiger partial charge on any atom is -0.282 e. The maximum atomic E-state index is 12.7. The number of aryl methyl sites for hydroxylation is 1. The number of thioether (sulfide) groups is 1. The van der Waals surface area contributed by atoms with Crippen molar-refractivity contribution in [3.63, 3.8) is 0 Å². The number of amidine groups is 1. The molecule has 0 radical (unpaired) electrons. The van der Waals surface area contributed by atoms with Crippen molar-refractivity contribution in [3.8, 4) is 0 Å². The summed E-state index contributed by atoms with van der Waals surface area (Å²) in [5, 5.41) is 0.119. The maximum Gasteiger partial charge on any atom is 0.284 e. The zero-order chi connectivity index (χ0) is 20.3. The summed E-state index contributed by atoms with van der Waals surface area (Å²) in [6.45, 7) is 5.69. The normalized spacial score (nSPS) is 17.5. The molecule has 1 saturated heterocycles. The third kappa shape index (κ3) is 4.63. The topological polar surface area (TPSA) is 66.8 Å². The largest absolute Gasteiger partial charge is 0.284 e. The molecule has 1 amide bonds. The highest BCUT2D eigenvalue weighted by Gasteiger charge is 2.34. The van der Waals surface area contributed by atoms with Crippen LogP contribution < -0.4 is 0 Å². The Labute approximate surface area is 177 Å². The molecule has 0 aromatic heterocycles. The van der Waals surface area contributed by atoms with E-state index in [4.69, 9.17) is 0 Å². The van der Waals surface area contributed by atoms with Crippen LogP contribution in [0.2, 0.25) is 0 Å². The Morgan fingerprint density at radius 1 is 1.14 bits per heavy atom. The van der Waals surface area contributed by atoms with Gasteiger partial charge in [0.25, 0.3) is 15.9 Å². The van der Waals surface area contributed by atoms with Crippen LogP contribution in [0.15, 0.2) is 79.9 Å². The number of nitrogens with zero attached hydrogens (tertiary/aromatic N) is 2. The van der Waals surface area contributed by atoms with E-state index in [0.717, 1.165) is 27.4 Å². The summed E-state index contributed by atoms with van der Waals surface area (Å²) in [6.07, 6.45) is 3.26. The number of hydrogen-bond donors (Lipinski definition) is 0. The molecule has 144 valence electrons. The fourth-order valence-corrected chi connectivity index (χ4v) is 4.90. The lowest BCUT2D eigenvalue weighted by Gasteiger charge is -2.12. The Balaban J connectivity index is 1.98. The van der Waals surface area contributed by atoms with Gasteiger partial charge >= 0.3 is 0 Å². The summed E-state index contributed by atoms with van der Waals surface area (Å²) in [5.74, 6) is -0.300. The number of halogens is 1. The molecule has 2 aromatic carbocycles. The molecule has 0 aliphatic carbocycles. The van der Waals surface area contributed by atoms with Crippen molar-refractivity contribution in [2.24, 2.45) is 4.40 Å². The van der Waals surface area contributed by atoms with Crippen molar-refractivity contribution in [1.29, 1.82) is 0 Å². The van der Waals surface area contributed by atoms with Crippen molar-refractivity contribution in [2.75, 3.05) is 6.54 Å². The predicted molar refractivity (Wildman–Crippen MR) is 117 cm³/mol. The Morgan fingerprint density at radius 3 is 2.39 bits per heavy atom. The molecule has 2 aromatic rings. The molecule has 8 heteroatoms. The number of rotatable bonds is 5. The number of benzene rings is 2. The van der Waals surface area contributed by atoms with E-state index in [1.54, 1.807) is 18.2 Å². The fraction of sp³-hybridized carbons (Fsp3) is 0.100. The molecule has 5 nitrogen and oxygen atoms in total. The Kier molecular flexibility index (Phi) is 6.22. The van der Waals surface area contributed by atoms with E-state index in [1.165, 1.54) is 23.1 Å². The van der Waals surface area contributed by atoms with Gasteiger partial charge < -0.3 is 0 Å². The second-order valence-electron chi connectivity index (χ2n) is 6.03. The molecule has 0 atom stereocenters. The molecular weight excluding hydrogens is 460 g/mol. The molecule has 0 N–H and O–H groups in total. The molecule has 28 heavy (non-hydrogen) atoms. The van der Waals surface area contributed by atoms with E-state index in [9.17, 15) is 13.2 Å². The first-order valence-electron chi connectivity index (χ1n) is 8.30. The number of carbonyl (C=O) groups excluding carboxylic acids is 1. The number of sulfonamides is 1. The van der Waals surface area contributed by atoms with Gasteiger partial charge in [-0.2, -0.15) is 8.42 Å². The van der Waals surface area contributed by atoms with Crippen LogP contribution in [0.25, 0.3) is 6.08 Å². The van der Waals surface area contributed by atoms with Gasteiger partial charge in [-0.25, -0.2) is 0 Å². The van der Waals surface area contributed by atoms with Crippen LogP contribution in [0.1, 0.15) is 11.1 Å². The number of carbonyl (C=O) groups is 1. The average Bonchev–Trinajstić information content (AvgIpc) is 2.92. The lowest BCUT2D eigenvalue weighted by molar-refractivity contribution is -0.121. The highest BCUT2D eigenvalue weighted by atomic mass is 79.9. The molecular formula is C20H17BrN2O3S2. The van der Waals surface area contributed by atoms with E-state index >= 15 is 0 Å². The minimum atomic E-state index is -3.93. The predicted octanol–water partition coefficient (Wildman–Crippen LogP) is 4.60. The first-order chi connectivity index (χ1) is 13.3. The summed E-state index contributed by atoms with van der Waals surface area (Å²) < 4.78 is 30.2. The third-order valence-electron chi connectivity index (χ3n) is 3.88. The van der Waals surface area contributed by atoms with E-state index in [2.05, 4.69) is 26.9 Å². The molecule has 1 heterocycles. The molecule has 1 fully saturated rings. The fourth-order valence-electron chi connectivity index (χ4n) is 2.44. The number of amides is 1. The van der Waals surface area contributed by atoms with Gasteiger partial charge in [-0.1, -0.05) is 51.8 Å². The molecule has 0 bridgehead atoms. The SMILES string of the molecule is C=CCN1C(=O)/C(=C/c2ccc(Br)cc2)S/C1=N\S(=O)(=O)c1ccc(C)cc1. The Morgan fingerprint density at radius 2 is 1.79 bits per heavy atom. The summed E-state index contributed by atoms with van der Waals surface area (Å²) in [5.41, 5.74) is 1.78. The van der Waals surface area contributed by atoms with Crippen LogP contribution in [0.4, 0.5) is 0 Å². The molecule has 1 aliphatic heterocycles. The van der Waals surface area contributed by atoms with Crippen LogP contribution >= 0.6 is 27.7 Å². The smallest absolute Gasteiger partial charge is 0.282 e. The van der Waals surface area contributed by atoms with Gasteiger partial charge in [-0.05, 0) is 54.6 Å². The lowest BCUT2D eigenvalue weighted by atomic mass is 10.2. The monoisotopic (exact) mass is 476 g/mol. The zero-order valence-corrected chi connectivity index (χ0v) is 18.2.